The van der Waals surface area contributed by atoms with Crippen molar-refractivity contribution in [2.45, 2.75) is 52.4 Å². The Hall–Kier alpha value is -1.77. The minimum absolute atomic E-state index is 0.225. The van der Waals surface area contributed by atoms with Gasteiger partial charge in [-0.15, -0.1) is 0 Å². The van der Waals surface area contributed by atoms with Gasteiger partial charge in [0.15, 0.2) is 0 Å². The van der Waals surface area contributed by atoms with Gasteiger partial charge >= 0.3 is 5.97 Å². The van der Waals surface area contributed by atoms with Crippen LogP contribution in [-0.4, -0.2) is 11.1 Å². The maximum absolute atomic E-state index is 11.4. The molecule has 2 aliphatic carbocycles. The Morgan fingerprint density at radius 3 is 2.96 bits per heavy atom. The molecule has 3 heteroatoms. The summed E-state index contributed by atoms with van der Waals surface area (Å²) in [4.78, 5) is 11.4. The first-order valence-corrected chi connectivity index (χ1v) is 8.63. The molecular weight excluding hydrogens is 288 g/mol. The molecule has 0 amide bonds. The summed E-state index contributed by atoms with van der Waals surface area (Å²) in [7, 11) is 0. The highest BCUT2D eigenvalue weighted by molar-refractivity contribution is 5.87. The molecule has 0 bridgehead atoms. The number of aliphatic carboxylic acids is 1. The van der Waals surface area contributed by atoms with E-state index in [4.69, 9.17) is 4.42 Å². The van der Waals surface area contributed by atoms with Gasteiger partial charge in [0, 0.05) is 12.0 Å². The molecule has 3 rings (SSSR count). The van der Waals surface area contributed by atoms with Crippen molar-refractivity contribution in [1.82, 2.24) is 0 Å². The summed E-state index contributed by atoms with van der Waals surface area (Å²) >= 11 is 0. The van der Waals surface area contributed by atoms with Gasteiger partial charge in [-0.25, -0.2) is 4.79 Å². The van der Waals surface area contributed by atoms with Gasteiger partial charge in [0.2, 0.25) is 0 Å². The van der Waals surface area contributed by atoms with Crippen LogP contribution in [0.3, 0.4) is 0 Å². The maximum atomic E-state index is 11.4. The third kappa shape index (κ3) is 3.15. The molecule has 0 radical (unpaired) electrons. The fourth-order valence-corrected chi connectivity index (χ4v) is 4.37. The average Bonchev–Trinajstić information content (AvgIpc) is 2.94. The third-order valence-electron chi connectivity index (χ3n) is 6.15. The van der Waals surface area contributed by atoms with Crippen molar-refractivity contribution in [3.05, 3.63) is 47.5 Å². The van der Waals surface area contributed by atoms with E-state index in [1.54, 1.807) is 6.26 Å². The number of rotatable bonds is 4. The van der Waals surface area contributed by atoms with Crippen LogP contribution in [0.5, 0.6) is 0 Å². The van der Waals surface area contributed by atoms with E-state index < -0.39 is 5.97 Å². The van der Waals surface area contributed by atoms with E-state index in [0.717, 1.165) is 32.1 Å². The molecule has 2 aliphatic rings. The van der Waals surface area contributed by atoms with Crippen LogP contribution in [-0.2, 0) is 11.2 Å². The molecule has 0 aromatic carbocycles. The van der Waals surface area contributed by atoms with Crippen LogP contribution in [0.15, 0.2) is 46.3 Å². The van der Waals surface area contributed by atoms with Gasteiger partial charge in [-0.2, -0.15) is 0 Å². The summed E-state index contributed by atoms with van der Waals surface area (Å²) in [5.41, 5.74) is 3.41. The molecule has 0 saturated heterocycles. The Labute approximate surface area is 138 Å². The zero-order chi connectivity index (χ0) is 16.4. The van der Waals surface area contributed by atoms with Crippen molar-refractivity contribution in [2.75, 3.05) is 0 Å². The second-order valence-electron chi connectivity index (χ2n) is 7.39. The van der Waals surface area contributed by atoms with Gasteiger partial charge in [-0.3, -0.25) is 0 Å². The lowest BCUT2D eigenvalue weighted by Crippen LogP contribution is -2.38. The summed E-state index contributed by atoms with van der Waals surface area (Å²) in [5.74, 6) is 0.353. The summed E-state index contributed by atoms with van der Waals surface area (Å²) in [5, 5.41) is 9.36. The van der Waals surface area contributed by atoms with E-state index in [0.29, 0.717) is 23.8 Å². The van der Waals surface area contributed by atoms with Crippen LogP contribution in [0.4, 0.5) is 0 Å². The third-order valence-corrected chi connectivity index (χ3v) is 6.15. The molecule has 3 atom stereocenters. The van der Waals surface area contributed by atoms with E-state index >= 15 is 0 Å². The summed E-state index contributed by atoms with van der Waals surface area (Å²) < 4.78 is 5.20. The summed E-state index contributed by atoms with van der Waals surface area (Å²) in [6.07, 6.45) is 13.6. The van der Waals surface area contributed by atoms with Gasteiger partial charge < -0.3 is 9.52 Å². The number of allylic oxidation sites excluding steroid dienone is 3. The number of hydrogen-bond donors (Lipinski definition) is 1. The predicted molar refractivity (Wildman–Crippen MR) is 90.1 cm³/mol. The predicted octanol–water partition coefficient (Wildman–Crippen LogP) is 5.00. The largest absolute Gasteiger partial charge is 0.478 e. The smallest absolute Gasteiger partial charge is 0.331 e. The van der Waals surface area contributed by atoms with E-state index in [1.165, 1.54) is 11.1 Å². The molecule has 0 spiro atoms. The van der Waals surface area contributed by atoms with Crippen molar-refractivity contribution < 1.29 is 14.3 Å². The molecule has 124 valence electrons. The number of aryl methyl sites for hydroxylation is 1. The number of furan rings is 1. The van der Waals surface area contributed by atoms with Crippen LogP contribution in [0, 0.1) is 17.3 Å². The van der Waals surface area contributed by atoms with Gasteiger partial charge in [0.05, 0.1) is 12.5 Å². The molecule has 1 heterocycles. The van der Waals surface area contributed by atoms with E-state index in [1.807, 2.05) is 18.4 Å². The standard InChI is InChI=1S/C20H26O3/c1-14-6-7-16-12-17(19(21)22)4-3-5-18(16)20(14,2)10-8-15-9-11-23-13-15/h4,7,9,11,13-14,18H,3,5-6,8,10,12H2,1-2H3,(H,21,22)/t14-,18-,20-/m1/s1. The highest BCUT2D eigenvalue weighted by Crippen LogP contribution is 2.52. The molecule has 3 nitrogen and oxygen atoms in total. The molecule has 0 aliphatic heterocycles. The van der Waals surface area contributed by atoms with Crippen molar-refractivity contribution in [3.8, 4) is 0 Å². The molecule has 0 fully saturated rings. The SMILES string of the molecule is C[C@@H]1CC=C2CC(C(=O)O)=CCC[C@H]2[C@]1(C)CCc1ccoc1. The zero-order valence-electron chi connectivity index (χ0n) is 14.0. The molecule has 1 N–H and O–H groups in total. The van der Waals surface area contributed by atoms with Crippen molar-refractivity contribution in [1.29, 1.82) is 0 Å². The summed E-state index contributed by atoms with van der Waals surface area (Å²) in [6, 6.07) is 2.05. The monoisotopic (exact) mass is 314 g/mol. The van der Waals surface area contributed by atoms with Crippen molar-refractivity contribution in [3.63, 3.8) is 0 Å². The minimum Gasteiger partial charge on any atom is -0.478 e. The topological polar surface area (TPSA) is 50.4 Å². The Morgan fingerprint density at radius 1 is 1.43 bits per heavy atom. The number of carbonyl (C=O) groups is 1. The molecule has 0 saturated carbocycles. The van der Waals surface area contributed by atoms with Gasteiger partial charge in [0.25, 0.3) is 0 Å². The van der Waals surface area contributed by atoms with Crippen molar-refractivity contribution >= 4 is 5.97 Å². The van der Waals surface area contributed by atoms with E-state index in [2.05, 4.69) is 19.9 Å². The van der Waals surface area contributed by atoms with Crippen LogP contribution in [0.1, 0.15) is 51.5 Å². The van der Waals surface area contributed by atoms with Crippen LogP contribution < -0.4 is 0 Å². The number of hydrogen-bond acceptors (Lipinski definition) is 2. The van der Waals surface area contributed by atoms with Crippen molar-refractivity contribution in [2.24, 2.45) is 17.3 Å². The van der Waals surface area contributed by atoms with Crippen LogP contribution >= 0.6 is 0 Å². The Balaban J connectivity index is 1.81. The quantitative estimate of drug-likeness (QED) is 0.796. The minimum atomic E-state index is -0.759. The molecule has 0 unspecified atom stereocenters. The number of carboxylic acids is 1. The Bertz CT molecular complexity index is 623. The molecule has 23 heavy (non-hydrogen) atoms. The fourth-order valence-electron chi connectivity index (χ4n) is 4.37. The first kappa shape index (κ1) is 16.1. The van der Waals surface area contributed by atoms with E-state index in [-0.39, 0.29) is 5.41 Å². The lowest BCUT2D eigenvalue weighted by molar-refractivity contribution is -0.132. The Kier molecular flexibility index (Phi) is 4.47. The fraction of sp³-hybridized carbons (Fsp3) is 0.550. The normalized spacial score (nSPS) is 30.9. The zero-order valence-corrected chi connectivity index (χ0v) is 14.0. The van der Waals surface area contributed by atoms with Crippen LogP contribution in [0.2, 0.25) is 0 Å². The van der Waals surface area contributed by atoms with Gasteiger partial charge in [-0.1, -0.05) is 31.6 Å². The molecule has 1 aromatic heterocycles. The number of carboxylic acid groups (broad SMARTS) is 1. The lowest BCUT2D eigenvalue weighted by Gasteiger charge is -2.47. The maximum Gasteiger partial charge on any atom is 0.331 e. The highest BCUT2D eigenvalue weighted by atomic mass is 16.4. The second kappa shape index (κ2) is 6.38. The molecule has 1 aromatic rings. The van der Waals surface area contributed by atoms with Gasteiger partial charge in [-0.05, 0) is 61.0 Å². The second-order valence-corrected chi connectivity index (χ2v) is 7.39. The molecular formula is C20H26O3. The first-order valence-electron chi connectivity index (χ1n) is 8.63. The first-order chi connectivity index (χ1) is 11.0. The Morgan fingerprint density at radius 2 is 2.26 bits per heavy atom. The highest BCUT2D eigenvalue weighted by Gasteiger charge is 2.43. The van der Waals surface area contributed by atoms with Crippen LogP contribution in [0.25, 0.3) is 0 Å². The number of fused-ring (bicyclic) bond motifs is 1. The summed E-state index contributed by atoms with van der Waals surface area (Å²) in [6.45, 7) is 4.75. The van der Waals surface area contributed by atoms with Gasteiger partial charge in [0.1, 0.15) is 0 Å². The van der Waals surface area contributed by atoms with E-state index in [9.17, 15) is 9.90 Å². The lowest BCUT2D eigenvalue weighted by atomic mass is 9.58. The average molecular weight is 314 g/mol.